The molecule has 0 radical (unpaired) electrons. The SMILES string of the molecule is Cc1ccc(-c2[nH]c3cc(C(=O)NCCN4CCCCC4)ccc3c(=O)c2O)cc1. The molecule has 0 spiro atoms. The molecule has 1 aliphatic heterocycles. The first-order valence-corrected chi connectivity index (χ1v) is 10.5. The number of hydrogen-bond acceptors (Lipinski definition) is 4. The summed E-state index contributed by atoms with van der Waals surface area (Å²) in [6.45, 7) is 5.61. The van der Waals surface area contributed by atoms with Gasteiger partial charge >= 0.3 is 0 Å². The van der Waals surface area contributed by atoms with Crippen molar-refractivity contribution in [3.05, 3.63) is 63.8 Å². The number of nitrogens with zero attached hydrogens (tertiary/aromatic N) is 1. The quantitative estimate of drug-likeness (QED) is 0.607. The van der Waals surface area contributed by atoms with Crippen molar-refractivity contribution in [1.82, 2.24) is 15.2 Å². The fourth-order valence-electron chi connectivity index (χ4n) is 3.96. The first kappa shape index (κ1) is 20.2. The maximum atomic E-state index is 12.6. The smallest absolute Gasteiger partial charge is 0.251 e. The van der Waals surface area contributed by atoms with E-state index in [9.17, 15) is 14.7 Å². The van der Waals surface area contributed by atoms with Gasteiger partial charge in [0.05, 0.1) is 11.2 Å². The van der Waals surface area contributed by atoms with Gasteiger partial charge in [-0.1, -0.05) is 36.2 Å². The van der Waals surface area contributed by atoms with Crippen LogP contribution in [-0.2, 0) is 0 Å². The lowest BCUT2D eigenvalue weighted by Gasteiger charge is -2.26. The van der Waals surface area contributed by atoms with Crippen LogP contribution in [0.5, 0.6) is 5.75 Å². The third-order valence-corrected chi connectivity index (χ3v) is 5.74. The number of hydrogen-bond donors (Lipinski definition) is 3. The van der Waals surface area contributed by atoms with Gasteiger partial charge in [0.15, 0.2) is 5.75 Å². The van der Waals surface area contributed by atoms with E-state index in [4.69, 9.17) is 0 Å². The van der Waals surface area contributed by atoms with Crippen molar-refractivity contribution in [3.8, 4) is 17.0 Å². The van der Waals surface area contributed by atoms with E-state index >= 15 is 0 Å². The van der Waals surface area contributed by atoms with Crippen molar-refractivity contribution >= 4 is 16.8 Å². The minimum Gasteiger partial charge on any atom is -0.503 e. The highest BCUT2D eigenvalue weighted by molar-refractivity contribution is 5.98. The van der Waals surface area contributed by atoms with Crippen LogP contribution in [0.25, 0.3) is 22.2 Å². The van der Waals surface area contributed by atoms with Crippen molar-refractivity contribution in [2.75, 3.05) is 26.2 Å². The van der Waals surface area contributed by atoms with Crippen LogP contribution in [0.4, 0.5) is 0 Å². The number of piperidine rings is 1. The predicted molar refractivity (Wildman–Crippen MR) is 119 cm³/mol. The van der Waals surface area contributed by atoms with Crippen LogP contribution >= 0.6 is 0 Å². The molecule has 30 heavy (non-hydrogen) atoms. The molecule has 0 unspecified atom stereocenters. The molecule has 0 saturated carbocycles. The highest BCUT2D eigenvalue weighted by Gasteiger charge is 2.15. The number of fused-ring (bicyclic) bond motifs is 1. The molecule has 2 heterocycles. The molecule has 4 rings (SSSR count). The molecule has 0 bridgehead atoms. The number of carbonyl (C=O) groups excluding carboxylic acids is 1. The summed E-state index contributed by atoms with van der Waals surface area (Å²) in [5.41, 5.74) is 2.72. The lowest BCUT2D eigenvalue weighted by atomic mass is 10.0. The highest BCUT2D eigenvalue weighted by atomic mass is 16.3. The summed E-state index contributed by atoms with van der Waals surface area (Å²) >= 11 is 0. The molecule has 0 atom stereocenters. The van der Waals surface area contributed by atoms with Gasteiger partial charge in [-0.3, -0.25) is 9.59 Å². The largest absolute Gasteiger partial charge is 0.503 e. The molecule has 6 nitrogen and oxygen atoms in total. The number of carbonyl (C=O) groups is 1. The van der Waals surface area contributed by atoms with Crippen molar-refractivity contribution in [2.24, 2.45) is 0 Å². The van der Waals surface area contributed by atoms with Gasteiger partial charge in [0, 0.05) is 29.6 Å². The molecular formula is C24H27N3O3. The Morgan fingerprint density at radius 1 is 1.10 bits per heavy atom. The van der Waals surface area contributed by atoms with Crippen LogP contribution in [0, 0.1) is 6.92 Å². The van der Waals surface area contributed by atoms with Gasteiger partial charge in [-0.25, -0.2) is 0 Å². The normalized spacial score (nSPS) is 14.7. The molecule has 1 saturated heterocycles. The Morgan fingerprint density at radius 2 is 1.83 bits per heavy atom. The Hall–Kier alpha value is -3.12. The summed E-state index contributed by atoms with van der Waals surface area (Å²) in [6.07, 6.45) is 3.74. The average molecular weight is 405 g/mol. The van der Waals surface area contributed by atoms with Crippen LogP contribution < -0.4 is 10.7 Å². The molecule has 3 N–H and O–H groups in total. The first-order chi connectivity index (χ1) is 14.5. The number of aryl methyl sites for hydroxylation is 1. The minimum atomic E-state index is -0.448. The van der Waals surface area contributed by atoms with E-state index in [1.54, 1.807) is 18.2 Å². The Morgan fingerprint density at radius 3 is 2.57 bits per heavy atom. The van der Waals surface area contributed by atoms with E-state index in [2.05, 4.69) is 15.2 Å². The fourth-order valence-corrected chi connectivity index (χ4v) is 3.96. The maximum absolute atomic E-state index is 12.6. The van der Waals surface area contributed by atoms with Gasteiger partial charge in [0.25, 0.3) is 5.91 Å². The summed E-state index contributed by atoms with van der Waals surface area (Å²) in [7, 11) is 0. The number of aromatic amines is 1. The second-order valence-electron chi connectivity index (χ2n) is 7.96. The van der Waals surface area contributed by atoms with Gasteiger partial charge in [-0.2, -0.15) is 0 Å². The van der Waals surface area contributed by atoms with E-state index in [0.717, 1.165) is 25.2 Å². The van der Waals surface area contributed by atoms with E-state index < -0.39 is 5.43 Å². The Balaban J connectivity index is 1.56. The van der Waals surface area contributed by atoms with E-state index in [-0.39, 0.29) is 11.7 Å². The van der Waals surface area contributed by atoms with Gasteiger partial charge in [0.1, 0.15) is 0 Å². The number of benzene rings is 2. The predicted octanol–water partition coefficient (Wildman–Crippen LogP) is 3.42. The summed E-state index contributed by atoms with van der Waals surface area (Å²) in [5.74, 6) is -0.482. The molecule has 1 aromatic heterocycles. The minimum absolute atomic E-state index is 0.167. The van der Waals surface area contributed by atoms with Crippen LogP contribution in [0.15, 0.2) is 47.3 Å². The number of amides is 1. The summed E-state index contributed by atoms with van der Waals surface area (Å²) in [5, 5.41) is 13.7. The molecular weight excluding hydrogens is 378 g/mol. The summed E-state index contributed by atoms with van der Waals surface area (Å²) < 4.78 is 0. The summed E-state index contributed by atoms with van der Waals surface area (Å²) in [6, 6.07) is 12.4. The van der Waals surface area contributed by atoms with Crippen LogP contribution in [-0.4, -0.2) is 47.1 Å². The van der Waals surface area contributed by atoms with Crippen molar-refractivity contribution < 1.29 is 9.90 Å². The number of likely N-dealkylation sites (tertiary alicyclic amines) is 1. The van der Waals surface area contributed by atoms with Gasteiger partial charge in [-0.05, 0) is 51.1 Å². The Bertz CT molecular complexity index is 1110. The maximum Gasteiger partial charge on any atom is 0.251 e. The second kappa shape index (κ2) is 8.71. The van der Waals surface area contributed by atoms with Crippen LogP contribution in [0.1, 0.15) is 35.2 Å². The lowest BCUT2D eigenvalue weighted by Crippen LogP contribution is -2.37. The number of rotatable bonds is 5. The molecule has 1 fully saturated rings. The van der Waals surface area contributed by atoms with Crippen LogP contribution in [0.3, 0.4) is 0 Å². The molecule has 2 aromatic carbocycles. The van der Waals surface area contributed by atoms with Crippen molar-refractivity contribution in [2.45, 2.75) is 26.2 Å². The Labute approximate surface area is 175 Å². The molecule has 3 aromatic rings. The van der Waals surface area contributed by atoms with Gasteiger partial charge < -0.3 is 20.3 Å². The van der Waals surface area contributed by atoms with Gasteiger partial charge in [0.2, 0.25) is 5.43 Å². The van der Waals surface area contributed by atoms with Gasteiger partial charge in [-0.15, -0.1) is 0 Å². The third-order valence-electron chi connectivity index (χ3n) is 5.74. The first-order valence-electron chi connectivity index (χ1n) is 10.5. The molecule has 0 aliphatic carbocycles. The number of H-pyrrole nitrogens is 1. The fraction of sp³-hybridized carbons (Fsp3) is 0.333. The molecule has 6 heteroatoms. The van der Waals surface area contributed by atoms with E-state index in [1.165, 1.54) is 19.3 Å². The number of nitrogens with one attached hydrogen (secondary N) is 2. The zero-order valence-electron chi connectivity index (χ0n) is 17.2. The molecule has 1 aliphatic rings. The topological polar surface area (TPSA) is 85.4 Å². The Kier molecular flexibility index (Phi) is 5.86. The third kappa shape index (κ3) is 4.24. The zero-order chi connectivity index (χ0) is 21.1. The van der Waals surface area contributed by atoms with Crippen molar-refractivity contribution in [1.29, 1.82) is 0 Å². The number of aromatic nitrogens is 1. The van der Waals surface area contributed by atoms with E-state index in [0.29, 0.717) is 34.3 Å². The zero-order valence-corrected chi connectivity index (χ0v) is 17.2. The molecule has 156 valence electrons. The average Bonchev–Trinajstić information content (AvgIpc) is 2.77. The van der Waals surface area contributed by atoms with Crippen LogP contribution in [0.2, 0.25) is 0 Å². The molecule has 1 amide bonds. The van der Waals surface area contributed by atoms with E-state index in [1.807, 2.05) is 31.2 Å². The monoisotopic (exact) mass is 405 g/mol. The standard InChI is InChI=1S/C24H27N3O3/c1-16-5-7-17(8-6-16)21-23(29)22(28)19-10-9-18(15-20(19)26-21)24(30)25-11-14-27-12-3-2-4-13-27/h5-10,15,29H,2-4,11-14H2,1H3,(H,25,30)(H,26,28). The van der Waals surface area contributed by atoms with Crippen molar-refractivity contribution in [3.63, 3.8) is 0 Å². The number of aromatic hydroxyl groups is 1. The summed E-state index contributed by atoms with van der Waals surface area (Å²) in [4.78, 5) is 30.8. The second-order valence-corrected chi connectivity index (χ2v) is 7.96. The highest BCUT2D eigenvalue weighted by Crippen LogP contribution is 2.27. The number of pyridine rings is 1. The lowest BCUT2D eigenvalue weighted by molar-refractivity contribution is 0.0946.